The lowest BCUT2D eigenvalue weighted by atomic mass is 10.1. The topological polar surface area (TPSA) is 66.5 Å². The number of nitrogens with zero attached hydrogens (tertiary/aromatic N) is 1. The van der Waals surface area contributed by atoms with Crippen molar-refractivity contribution in [2.75, 3.05) is 11.4 Å². The largest absolute Gasteiger partial charge is 0.350 e. The fourth-order valence-corrected chi connectivity index (χ4v) is 3.84. The van der Waals surface area contributed by atoms with Gasteiger partial charge in [-0.3, -0.25) is 9.10 Å². The van der Waals surface area contributed by atoms with E-state index in [4.69, 9.17) is 0 Å². The number of carbonyl (C=O) groups excluding carboxylic acids is 1. The molecular formula is C20H26N2O3S. The molecular weight excluding hydrogens is 348 g/mol. The number of sulfonamides is 1. The molecule has 0 unspecified atom stereocenters. The molecule has 0 heterocycles. The zero-order chi connectivity index (χ0) is 19.3. The molecule has 0 aromatic heterocycles. The molecule has 0 radical (unpaired) electrons. The summed E-state index contributed by atoms with van der Waals surface area (Å²) in [5.74, 6) is -0.151. The Hall–Kier alpha value is -2.34. The molecule has 0 spiro atoms. The van der Waals surface area contributed by atoms with Crippen molar-refractivity contribution in [1.82, 2.24) is 5.32 Å². The third-order valence-corrected chi connectivity index (χ3v) is 6.07. The second-order valence-electron chi connectivity index (χ2n) is 6.50. The molecule has 0 bridgehead atoms. The zero-order valence-electron chi connectivity index (χ0n) is 15.7. The SMILES string of the molecule is CCC[C@H](C)NC(=O)c1ccc(N(C)S(=O)(=O)c2ccc(C)cc2)cc1. The van der Waals surface area contributed by atoms with Crippen LogP contribution in [0.3, 0.4) is 0 Å². The molecule has 1 amide bonds. The first kappa shape index (κ1) is 20.0. The van der Waals surface area contributed by atoms with Crippen LogP contribution >= 0.6 is 0 Å². The first-order valence-electron chi connectivity index (χ1n) is 8.72. The number of nitrogens with one attached hydrogen (secondary N) is 1. The molecule has 140 valence electrons. The van der Waals surface area contributed by atoms with Crippen molar-refractivity contribution in [3.8, 4) is 0 Å². The van der Waals surface area contributed by atoms with Crippen LogP contribution in [0.2, 0.25) is 0 Å². The molecule has 0 fully saturated rings. The maximum atomic E-state index is 12.7. The Bertz CT molecular complexity index is 844. The van der Waals surface area contributed by atoms with Crippen molar-refractivity contribution in [2.45, 2.75) is 44.6 Å². The van der Waals surface area contributed by atoms with Crippen LogP contribution in [0.15, 0.2) is 53.4 Å². The molecule has 2 rings (SSSR count). The minimum atomic E-state index is -3.64. The molecule has 0 aliphatic heterocycles. The Morgan fingerprint density at radius 3 is 2.19 bits per heavy atom. The van der Waals surface area contributed by atoms with Crippen molar-refractivity contribution in [3.05, 3.63) is 59.7 Å². The van der Waals surface area contributed by atoms with Gasteiger partial charge in [0.25, 0.3) is 15.9 Å². The van der Waals surface area contributed by atoms with Gasteiger partial charge in [-0.1, -0.05) is 31.0 Å². The summed E-state index contributed by atoms with van der Waals surface area (Å²) in [5.41, 5.74) is 2.01. The first-order valence-corrected chi connectivity index (χ1v) is 10.2. The van der Waals surface area contributed by atoms with Gasteiger partial charge in [0.05, 0.1) is 10.6 Å². The fourth-order valence-electron chi connectivity index (χ4n) is 2.64. The van der Waals surface area contributed by atoms with Crippen molar-refractivity contribution < 1.29 is 13.2 Å². The van der Waals surface area contributed by atoms with Crippen molar-refractivity contribution in [1.29, 1.82) is 0 Å². The highest BCUT2D eigenvalue weighted by Crippen LogP contribution is 2.22. The van der Waals surface area contributed by atoms with Crippen LogP contribution in [0, 0.1) is 6.92 Å². The number of carbonyl (C=O) groups is 1. The van der Waals surface area contributed by atoms with Gasteiger partial charge in [-0.2, -0.15) is 0 Å². The van der Waals surface area contributed by atoms with Gasteiger partial charge in [-0.15, -0.1) is 0 Å². The zero-order valence-corrected chi connectivity index (χ0v) is 16.5. The summed E-state index contributed by atoms with van der Waals surface area (Å²) in [6.45, 7) is 5.95. The van der Waals surface area contributed by atoms with E-state index in [1.807, 2.05) is 13.8 Å². The molecule has 26 heavy (non-hydrogen) atoms. The summed E-state index contributed by atoms with van der Waals surface area (Å²) in [6.07, 6.45) is 1.92. The highest BCUT2D eigenvalue weighted by atomic mass is 32.2. The van der Waals surface area contributed by atoms with E-state index in [1.165, 1.54) is 11.4 Å². The average Bonchev–Trinajstić information content (AvgIpc) is 2.61. The van der Waals surface area contributed by atoms with Crippen LogP contribution in [0.1, 0.15) is 42.6 Å². The first-order chi connectivity index (χ1) is 12.3. The quantitative estimate of drug-likeness (QED) is 0.803. The maximum absolute atomic E-state index is 12.7. The van der Waals surface area contributed by atoms with Crippen LogP contribution in [0.4, 0.5) is 5.69 Å². The summed E-state index contributed by atoms with van der Waals surface area (Å²) in [7, 11) is -2.13. The minimum absolute atomic E-state index is 0.108. The Balaban J connectivity index is 2.16. The third kappa shape index (κ3) is 4.64. The number of aryl methyl sites for hydroxylation is 1. The smallest absolute Gasteiger partial charge is 0.264 e. The highest BCUT2D eigenvalue weighted by molar-refractivity contribution is 7.92. The second kappa shape index (κ2) is 8.36. The molecule has 0 aliphatic rings. The number of amides is 1. The van der Waals surface area contributed by atoms with Gasteiger partial charge in [0.2, 0.25) is 0 Å². The predicted molar refractivity (Wildman–Crippen MR) is 105 cm³/mol. The lowest BCUT2D eigenvalue weighted by Crippen LogP contribution is -2.32. The van der Waals surface area contributed by atoms with Gasteiger partial charge in [-0.25, -0.2) is 8.42 Å². The molecule has 2 aromatic carbocycles. The van der Waals surface area contributed by atoms with Crippen LogP contribution in [-0.2, 0) is 10.0 Å². The van der Waals surface area contributed by atoms with Gasteiger partial charge in [-0.05, 0) is 56.7 Å². The van der Waals surface area contributed by atoms with E-state index in [2.05, 4.69) is 12.2 Å². The van der Waals surface area contributed by atoms with Crippen LogP contribution in [0.5, 0.6) is 0 Å². The van der Waals surface area contributed by atoms with Crippen LogP contribution in [0.25, 0.3) is 0 Å². The van der Waals surface area contributed by atoms with Gasteiger partial charge in [0.15, 0.2) is 0 Å². The summed E-state index contributed by atoms with van der Waals surface area (Å²) in [5, 5.41) is 2.94. The molecule has 1 N–H and O–H groups in total. The van der Waals surface area contributed by atoms with Gasteiger partial charge in [0, 0.05) is 18.7 Å². The second-order valence-corrected chi connectivity index (χ2v) is 8.46. The molecule has 0 saturated heterocycles. The molecule has 0 aliphatic carbocycles. The van der Waals surface area contributed by atoms with Crippen molar-refractivity contribution in [2.24, 2.45) is 0 Å². The molecule has 0 saturated carbocycles. The Morgan fingerprint density at radius 2 is 1.65 bits per heavy atom. The van der Waals surface area contributed by atoms with Crippen LogP contribution in [-0.4, -0.2) is 27.4 Å². The highest BCUT2D eigenvalue weighted by Gasteiger charge is 2.21. The standard InChI is InChI=1S/C20H26N2O3S/c1-5-6-16(3)21-20(23)17-9-11-18(12-10-17)22(4)26(24,25)19-13-7-15(2)8-14-19/h7-14,16H,5-6H2,1-4H3,(H,21,23)/t16-/m0/s1. The van der Waals surface area contributed by atoms with E-state index in [0.717, 1.165) is 18.4 Å². The number of rotatable bonds is 7. The maximum Gasteiger partial charge on any atom is 0.264 e. The van der Waals surface area contributed by atoms with E-state index >= 15 is 0 Å². The van der Waals surface area contributed by atoms with Crippen molar-refractivity contribution >= 4 is 21.6 Å². The van der Waals surface area contributed by atoms with Gasteiger partial charge in [0.1, 0.15) is 0 Å². The number of hydrogen-bond acceptors (Lipinski definition) is 3. The molecule has 2 aromatic rings. The molecule has 1 atom stereocenters. The van der Waals surface area contributed by atoms with E-state index < -0.39 is 10.0 Å². The Morgan fingerprint density at radius 1 is 1.08 bits per heavy atom. The summed E-state index contributed by atoms with van der Waals surface area (Å²) in [4.78, 5) is 12.5. The fraction of sp³-hybridized carbons (Fsp3) is 0.350. The molecule has 6 heteroatoms. The Labute approximate surface area is 156 Å². The van der Waals surface area contributed by atoms with Gasteiger partial charge >= 0.3 is 0 Å². The van der Waals surface area contributed by atoms with E-state index in [0.29, 0.717) is 11.3 Å². The van der Waals surface area contributed by atoms with Crippen LogP contribution < -0.4 is 9.62 Å². The third-order valence-electron chi connectivity index (χ3n) is 4.27. The van der Waals surface area contributed by atoms with E-state index in [1.54, 1.807) is 48.5 Å². The predicted octanol–water partition coefficient (Wildman–Crippen LogP) is 3.74. The minimum Gasteiger partial charge on any atom is -0.350 e. The summed E-state index contributed by atoms with van der Waals surface area (Å²) >= 11 is 0. The monoisotopic (exact) mass is 374 g/mol. The molecule has 5 nitrogen and oxygen atoms in total. The number of anilines is 1. The van der Waals surface area contributed by atoms with Gasteiger partial charge < -0.3 is 5.32 Å². The number of hydrogen-bond donors (Lipinski definition) is 1. The number of benzene rings is 2. The summed E-state index contributed by atoms with van der Waals surface area (Å²) in [6, 6.07) is 13.4. The Kier molecular flexibility index (Phi) is 6.42. The van der Waals surface area contributed by atoms with Crippen molar-refractivity contribution in [3.63, 3.8) is 0 Å². The normalized spacial score (nSPS) is 12.5. The lowest BCUT2D eigenvalue weighted by molar-refractivity contribution is 0.0938. The lowest BCUT2D eigenvalue weighted by Gasteiger charge is -2.20. The van der Waals surface area contributed by atoms with E-state index in [9.17, 15) is 13.2 Å². The van der Waals surface area contributed by atoms with E-state index in [-0.39, 0.29) is 16.8 Å². The average molecular weight is 375 g/mol. The summed E-state index contributed by atoms with van der Waals surface area (Å²) < 4.78 is 26.7.